The van der Waals surface area contributed by atoms with Crippen molar-refractivity contribution in [1.29, 1.82) is 0 Å². The van der Waals surface area contributed by atoms with Crippen LogP contribution in [-0.4, -0.2) is 19.0 Å². The Morgan fingerprint density at radius 3 is 2.52 bits per heavy atom. The maximum absolute atomic E-state index is 12.1. The average Bonchev–Trinajstić information content (AvgIpc) is 2.62. The summed E-state index contributed by atoms with van der Waals surface area (Å²) in [6, 6.07) is 18.0. The van der Waals surface area contributed by atoms with E-state index in [9.17, 15) is 4.79 Å². The van der Waals surface area contributed by atoms with Crippen LogP contribution in [0.2, 0.25) is 0 Å². The molecule has 2 aromatic carbocycles. The van der Waals surface area contributed by atoms with E-state index in [4.69, 9.17) is 0 Å². The number of hydrogen-bond donors (Lipinski definition) is 2. The van der Waals surface area contributed by atoms with Crippen molar-refractivity contribution in [1.82, 2.24) is 10.6 Å². The van der Waals surface area contributed by atoms with Crippen molar-refractivity contribution in [3.05, 3.63) is 71.3 Å². The van der Waals surface area contributed by atoms with Crippen LogP contribution >= 0.6 is 0 Å². The lowest BCUT2D eigenvalue weighted by atomic mass is 9.90. The van der Waals surface area contributed by atoms with Gasteiger partial charge in [0.15, 0.2) is 0 Å². The van der Waals surface area contributed by atoms with E-state index in [1.807, 2.05) is 30.3 Å². The number of hydrogen-bond acceptors (Lipinski definition) is 2. The minimum absolute atomic E-state index is 0.0191. The van der Waals surface area contributed by atoms with Gasteiger partial charge in [-0.1, -0.05) is 42.5 Å². The molecule has 3 heteroatoms. The van der Waals surface area contributed by atoms with Crippen molar-refractivity contribution in [3.63, 3.8) is 0 Å². The van der Waals surface area contributed by atoms with E-state index in [1.54, 1.807) is 0 Å². The minimum atomic E-state index is -0.0191. The zero-order valence-corrected chi connectivity index (χ0v) is 13.4. The maximum Gasteiger partial charge on any atom is 0.251 e. The van der Waals surface area contributed by atoms with Gasteiger partial charge in [0.05, 0.1) is 0 Å². The number of benzene rings is 2. The van der Waals surface area contributed by atoms with Gasteiger partial charge < -0.3 is 10.6 Å². The van der Waals surface area contributed by atoms with Crippen LogP contribution in [0.5, 0.6) is 0 Å². The predicted octanol–water partition coefficient (Wildman–Crippen LogP) is 3.16. The molecule has 1 fully saturated rings. The summed E-state index contributed by atoms with van der Waals surface area (Å²) in [5.74, 6) is 0.764. The van der Waals surface area contributed by atoms with Crippen LogP contribution < -0.4 is 10.6 Å². The van der Waals surface area contributed by atoms with Crippen LogP contribution in [0.3, 0.4) is 0 Å². The minimum Gasteiger partial charge on any atom is -0.348 e. The van der Waals surface area contributed by atoms with E-state index in [0.29, 0.717) is 12.1 Å². The Kier molecular flexibility index (Phi) is 5.43. The van der Waals surface area contributed by atoms with Crippen molar-refractivity contribution in [2.75, 3.05) is 13.1 Å². The monoisotopic (exact) mass is 308 g/mol. The van der Waals surface area contributed by atoms with Crippen molar-refractivity contribution < 1.29 is 4.79 Å². The van der Waals surface area contributed by atoms with Gasteiger partial charge in [-0.2, -0.15) is 0 Å². The molecular formula is C20H24N2O. The van der Waals surface area contributed by atoms with Crippen LogP contribution in [0.4, 0.5) is 0 Å². The Labute approximate surface area is 138 Å². The smallest absolute Gasteiger partial charge is 0.251 e. The van der Waals surface area contributed by atoms with Gasteiger partial charge in [-0.3, -0.25) is 4.79 Å². The molecule has 0 aromatic heterocycles. The first-order valence-electron chi connectivity index (χ1n) is 8.43. The molecule has 23 heavy (non-hydrogen) atoms. The van der Waals surface area contributed by atoms with Gasteiger partial charge in [0.1, 0.15) is 0 Å². The molecule has 120 valence electrons. The van der Waals surface area contributed by atoms with Gasteiger partial charge >= 0.3 is 0 Å². The topological polar surface area (TPSA) is 41.1 Å². The van der Waals surface area contributed by atoms with E-state index in [2.05, 4.69) is 34.9 Å². The highest BCUT2D eigenvalue weighted by molar-refractivity contribution is 5.94. The molecule has 2 N–H and O–H groups in total. The summed E-state index contributed by atoms with van der Waals surface area (Å²) in [6.07, 6.45) is 3.66. The fraction of sp³-hybridized carbons (Fsp3) is 0.350. The van der Waals surface area contributed by atoms with Crippen molar-refractivity contribution in [2.45, 2.75) is 25.8 Å². The molecule has 1 amide bonds. The molecule has 3 nitrogen and oxygen atoms in total. The number of rotatable bonds is 5. The van der Waals surface area contributed by atoms with Gasteiger partial charge in [-0.05, 0) is 61.5 Å². The van der Waals surface area contributed by atoms with E-state index in [0.717, 1.165) is 25.4 Å². The zero-order valence-electron chi connectivity index (χ0n) is 13.4. The second-order valence-electron chi connectivity index (χ2n) is 6.27. The molecule has 0 spiro atoms. The van der Waals surface area contributed by atoms with Crippen LogP contribution in [0.15, 0.2) is 54.6 Å². The van der Waals surface area contributed by atoms with Crippen molar-refractivity contribution in [3.8, 4) is 0 Å². The van der Waals surface area contributed by atoms with Gasteiger partial charge in [0.2, 0.25) is 0 Å². The second-order valence-corrected chi connectivity index (χ2v) is 6.27. The largest absolute Gasteiger partial charge is 0.348 e. The molecule has 0 bridgehead atoms. The summed E-state index contributed by atoms with van der Waals surface area (Å²) < 4.78 is 0. The standard InChI is InChI=1S/C20H24N2O/c23-20(19-7-2-1-3-8-19)22-15-18-6-4-5-17(14-18)13-16-9-11-21-12-10-16/h1-8,14,16,21H,9-13,15H2,(H,22,23). The fourth-order valence-corrected chi connectivity index (χ4v) is 3.16. The van der Waals surface area contributed by atoms with Crippen molar-refractivity contribution >= 4 is 5.91 Å². The second kappa shape index (κ2) is 7.93. The number of amides is 1. The third-order valence-electron chi connectivity index (χ3n) is 4.46. The summed E-state index contributed by atoms with van der Waals surface area (Å²) in [5, 5.41) is 6.41. The van der Waals surface area contributed by atoms with Crippen LogP contribution in [0, 0.1) is 5.92 Å². The normalized spacial score (nSPS) is 15.3. The van der Waals surface area contributed by atoms with Gasteiger partial charge in [-0.15, -0.1) is 0 Å². The molecule has 2 aromatic rings. The molecule has 0 aliphatic carbocycles. The summed E-state index contributed by atoms with van der Waals surface area (Å²) >= 11 is 0. The Hall–Kier alpha value is -2.13. The summed E-state index contributed by atoms with van der Waals surface area (Å²) in [7, 11) is 0. The molecule has 0 atom stereocenters. The van der Waals surface area contributed by atoms with E-state index in [-0.39, 0.29) is 5.91 Å². The lowest BCUT2D eigenvalue weighted by molar-refractivity contribution is 0.0951. The quantitative estimate of drug-likeness (QED) is 0.891. The molecule has 0 saturated carbocycles. The third-order valence-corrected chi connectivity index (χ3v) is 4.46. The lowest BCUT2D eigenvalue weighted by Gasteiger charge is -2.22. The Balaban J connectivity index is 1.56. The average molecular weight is 308 g/mol. The molecular weight excluding hydrogens is 284 g/mol. The Morgan fingerprint density at radius 1 is 1.00 bits per heavy atom. The van der Waals surface area contributed by atoms with E-state index >= 15 is 0 Å². The Morgan fingerprint density at radius 2 is 1.74 bits per heavy atom. The van der Waals surface area contributed by atoms with Crippen LogP contribution in [-0.2, 0) is 13.0 Å². The number of piperidine rings is 1. The van der Waals surface area contributed by atoms with Crippen LogP contribution in [0.25, 0.3) is 0 Å². The lowest BCUT2D eigenvalue weighted by Crippen LogP contribution is -2.28. The highest BCUT2D eigenvalue weighted by atomic mass is 16.1. The first kappa shape index (κ1) is 15.8. The van der Waals surface area contributed by atoms with Gasteiger partial charge in [0.25, 0.3) is 5.91 Å². The SMILES string of the molecule is O=C(NCc1cccc(CC2CCNCC2)c1)c1ccccc1. The molecule has 3 rings (SSSR count). The first-order valence-corrected chi connectivity index (χ1v) is 8.43. The number of carbonyl (C=O) groups is 1. The predicted molar refractivity (Wildman–Crippen MR) is 93.4 cm³/mol. The van der Waals surface area contributed by atoms with Crippen molar-refractivity contribution in [2.24, 2.45) is 5.92 Å². The van der Waals surface area contributed by atoms with E-state index < -0.39 is 0 Å². The Bertz CT molecular complexity index is 633. The summed E-state index contributed by atoms with van der Waals surface area (Å²) in [5.41, 5.74) is 3.25. The maximum atomic E-state index is 12.1. The zero-order chi connectivity index (χ0) is 15.9. The van der Waals surface area contributed by atoms with Gasteiger partial charge in [0, 0.05) is 12.1 Å². The molecule has 1 aliphatic rings. The number of carbonyl (C=O) groups excluding carboxylic acids is 1. The third kappa shape index (κ3) is 4.67. The molecule has 0 radical (unpaired) electrons. The first-order chi connectivity index (χ1) is 11.3. The summed E-state index contributed by atoms with van der Waals surface area (Å²) in [4.78, 5) is 12.1. The van der Waals surface area contributed by atoms with E-state index in [1.165, 1.54) is 24.0 Å². The molecule has 1 heterocycles. The van der Waals surface area contributed by atoms with Gasteiger partial charge in [-0.25, -0.2) is 0 Å². The van der Waals surface area contributed by atoms with Crippen LogP contribution in [0.1, 0.15) is 34.3 Å². The summed E-state index contributed by atoms with van der Waals surface area (Å²) in [6.45, 7) is 2.85. The number of nitrogens with one attached hydrogen (secondary N) is 2. The highest BCUT2D eigenvalue weighted by Crippen LogP contribution is 2.18. The highest BCUT2D eigenvalue weighted by Gasteiger charge is 2.13. The fourth-order valence-electron chi connectivity index (χ4n) is 3.16. The molecule has 0 unspecified atom stereocenters. The molecule has 1 saturated heterocycles. The molecule has 1 aliphatic heterocycles.